The second-order valence-electron chi connectivity index (χ2n) is 10.3. The molecule has 4 aliphatic carbocycles. The molecule has 0 bridgehead atoms. The summed E-state index contributed by atoms with van der Waals surface area (Å²) in [5.74, 6) is 3.34. The van der Waals surface area contributed by atoms with Crippen molar-refractivity contribution in [1.82, 2.24) is 0 Å². The van der Waals surface area contributed by atoms with Crippen LogP contribution in [0.25, 0.3) is 0 Å². The van der Waals surface area contributed by atoms with E-state index < -0.39 is 0 Å². The van der Waals surface area contributed by atoms with Crippen LogP contribution in [0.5, 0.6) is 0 Å². The fourth-order valence-corrected chi connectivity index (χ4v) is 7.87. The molecule has 130 valence electrons. The lowest BCUT2D eigenvalue weighted by Crippen LogP contribution is -2.58. The molecule has 0 saturated heterocycles. The molecule has 1 N–H and O–H groups in total. The van der Waals surface area contributed by atoms with Gasteiger partial charge in [0.2, 0.25) is 0 Å². The summed E-state index contributed by atoms with van der Waals surface area (Å²) >= 11 is 0. The normalized spacial score (nSPS) is 55.0. The van der Waals surface area contributed by atoms with Gasteiger partial charge in [-0.3, -0.25) is 4.79 Å². The summed E-state index contributed by atoms with van der Waals surface area (Å²) in [6.45, 7) is 9.29. The Balaban J connectivity index is 1.68. The number of fused-ring (bicyclic) bond motifs is 5. The number of ketones is 1. The van der Waals surface area contributed by atoms with Gasteiger partial charge >= 0.3 is 0 Å². The Morgan fingerprint density at radius 3 is 2.30 bits per heavy atom. The third-order valence-corrected chi connectivity index (χ3v) is 9.30. The Bertz CT molecular complexity index is 524. The average Bonchev–Trinajstić information content (AvgIpc) is 2.79. The molecule has 0 amide bonds. The van der Waals surface area contributed by atoms with Crippen LogP contribution in [-0.2, 0) is 4.79 Å². The van der Waals surface area contributed by atoms with E-state index in [2.05, 4.69) is 27.7 Å². The number of rotatable bonds is 0. The quantitative estimate of drug-likeness (QED) is 0.709. The van der Waals surface area contributed by atoms with Gasteiger partial charge in [-0.15, -0.1) is 0 Å². The summed E-state index contributed by atoms with van der Waals surface area (Å²) in [6.07, 6.45) is 9.01. The van der Waals surface area contributed by atoms with Crippen LogP contribution in [0.15, 0.2) is 0 Å². The van der Waals surface area contributed by atoms with Gasteiger partial charge in [-0.1, -0.05) is 27.7 Å². The van der Waals surface area contributed by atoms with Gasteiger partial charge in [0, 0.05) is 11.8 Å². The molecule has 4 saturated carbocycles. The highest BCUT2D eigenvalue weighted by Crippen LogP contribution is 2.68. The van der Waals surface area contributed by atoms with Crippen molar-refractivity contribution in [1.29, 1.82) is 0 Å². The summed E-state index contributed by atoms with van der Waals surface area (Å²) in [6, 6.07) is 0. The van der Waals surface area contributed by atoms with Crippen molar-refractivity contribution in [2.24, 2.45) is 39.9 Å². The van der Waals surface area contributed by atoms with Crippen LogP contribution in [0.1, 0.15) is 79.1 Å². The van der Waals surface area contributed by atoms with Gasteiger partial charge in [0.05, 0.1) is 6.10 Å². The second kappa shape index (κ2) is 4.84. The fourth-order valence-electron chi connectivity index (χ4n) is 7.87. The minimum atomic E-state index is -0.131. The molecule has 7 atom stereocenters. The maximum absolute atomic E-state index is 12.5. The van der Waals surface area contributed by atoms with Crippen LogP contribution in [0.3, 0.4) is 0 Å². The van der Waals surface area contributed by atoms with Gasteiger partial charge in [0.25, 0.3) is 0 Å². The maximum atomic E-state index is 12.5. The standard InChI is InChI=1S/C21H34O2/c1-19(2)16-7-5-13-14-6-8-18(23)21(14,4)11-9-15(13)20(16,3)12-10-17(19)22/h13-16,18,23H,5-12H2,1-4H3. The molecule has 4 fully saturated rings. The zero-order valence-electron chi connectivity index (χ0n) is 15.4. The Morgan fingerprint density at radius 2 is 1.57 bits per heavy atom. The molecule has 7 unspecified atom stereocenters. The van der Waals surface area contributed by atoms with Crippen LogP contribution >= 0.6 is 0 Å². The smallest absolute Gasteiger partial charge is 0.138 e. The van der Waals surface area contributed by atoms with E-state index in [1.54, 1.807) is 0 Å². The number of hydrogen-bond donors (Lipinski definition) is 1. The number of aliphatic hydroxyl groups excluding tert-OH is 1. The Hall–Kier alpha value is -0.370. The van der Waals surface area contributed by atoms with E-state index >= 15 is 0 Å². The SMILES string of the molecule is CC1(C)C(=O)CCC2(C)C3CCC4(C)C(O)CCC4C3CCC12. The first-order valence-corrected chi connectivity index (χ1v) is 9.92. The lowest BCUT2D eigenvalue weighted by molar-refractivity contribution is -0.166. The van der Waals surface area contributed by atoms with E-state index in [1.165, 1.54) is 32.1 Å². The van der Waals surface area contributed by atoms with Crippen LogP contribution in [0.4, 0.5) is 0 Å². The van der Waals surface area contributed by atoms with E-state index in [-0.39, 0.29) is 16.9 Å². The van der Waals surface area contributed by atoms with Gasteiger partial charge in [0.15, 0.2) is 0 Å². The molecule has 4 aliphatic rings. The van der Waals surface area contributed by atoms with Crippen LogP contribution in [0, 0.1) is 39.9 Å². The maximum Gasteiger partial charge on any atom is 0.138 e. The lowest BCUT2D eigenvalue weighted by Gasteiger charge is -2.63. The second-order valence-corrected chi connectivity index (χ2v) is 10.3. The molecule has 0 aromatic heterocycles. The Labute approximate surface area is 141 Å². The minimum absolute atomic E-state index is 0.0802. The molecular weight excluding hydrogens is 284 g/mol. The summed E-state index contributed by atoms with van der Waals surface area (Å²) in [7, 11) is 0. The highest BCUT2D eigenvalue weighted by atomic mass is 16.3. The van der Waals surface area contributed by atoms with Crippen molar-refractivity contribution in [3.05, 3.63) is 0 Å². The first-order chi connectivity index (χ1) is 10.7. The van der Waals surface area contributed by atoms with E-state index in [0.717, 1.165) is 37.0 Å². The predicted octanol–water partition coefficient (Wildman–Crippen LogP) is 4.60. The molecule has 0 spiro atoms. The largest absolute Gasteiger partial charge is 0.393 e. The van der Waals surface area contributed by atoms with E-state index in [0.29, 0.717) is 17.1 Å². The molecule has 4 rings (SSSR count). The molecule has 0 aliphatic heterocycles. The van der Waals surface area contributed by atoms with Crippen molar-refractivity contribution < 1.29 is 9.90 Å². The molecule has 0 aromatic carbocycles. The number of Topliss-reactive ketones (excluding diaryl/α,β-unsaturated/α-hetero) is 1. The number of carbonyl (C=O) groups excluding carboxylic acids is 1. The van der Waals surface area contributed by atoms with Crippen molar-refractivity contribution in [3.63, 3.8) is 0 Å². The van der Waals surface area contributed by atoms with Gasteiger partial charge in [0.1, 0.15) is 5.78 Å². The topological polar surface area (TPSA) is 37.3 Å². The fraction of sp³-hybridized carbons (Fsp3) is 0.952. The molecular formula is C21H34O2. The zero-order valence-corrected chi connectivity index (χ0v) is 15.4. The summed E-state index contributed by atoms with van der Waals surface area (Å²) in [5.41, 5.74) is 0.382. The van der Waals surface area contributed by atoms with E-state index in [1.807, 2.05) is 0 Å². The average molecular weight is 319 g/mol. The summed E-state index contributed by atoms with van der Waals surface area (Å²) < 4.78 is 0. The molecule has 0 heterocycles. The predicted molar refractivity (Wildman–Crippen MR) is 91.9 cm³/mol. The number of carbonyl (C=O) groups is 1. The van der Waals surface area contributed by atoms with Crippen LogP contribution in [0.2, 0.25) is 0 Å². The van der Waals surface area contributed by atoms with Crippen molar-refractivity contribution >= 4 is 5.78 Å². The van der Waals surface area contributed by atoms with Gasteiger partial charge in [-0.25, -0.2) is 0 Å². The number of hydrogen-bond acceptors (Lipinski definition) is 2. The van der Waals surface area contributed by atoms with E-state index in [9.17, 15) is 9.90 Å². The lowest BCUT2D eigenvalue weighted by atomic mass is 9.41. The Morgan fingerprint density at radius 1 is 0.870 bits per heavy atom. The van der Waals surface area contributed by atoms with Crippen LogP contribution < -0.4 is 0 Å². The monoisotopic (exact) mass is 318 g/mol. The third-order valence-electron chi connectivity index (χ3n) is 9.30. The molecule has 2 nitrogen and oxygen atoms in total. The number of aliphatic hydroxyl groups is 1. The Kier molecular flexibility index (Phi) is 3.39. The van der Waals surface area contributed by atoms with Gasteiger partial charge in [-0.2, -0.15) is 0 Å². The first kappa shape index (κ1) is 16.1. The highest BCUT2D eigenvalue weighted by molar-refractivity contribution is 5.85. The van der Waals surface area contributed by atoms with Gasteiger partial charge in [-0.05, 0) is 79.4 Å². The van der Waals surface area contributed by atoms with E-state index in [4.69, 9.17) is 0 Å². The van der Waals surface area contributed by atoms with Crippen molar-refractivity contribution in [2.45, 2.75) is 85.2 Å². The third kappa shape index (κ3) is 1.94. The minimum Gasteiger partial charge on any atom is -0.393 e. The molecule has 23 heavy (non-hydrogen) atoms. The van der Waals surface area contributed by atoms with Crippen LogP contribution in [-0.4, -0.2) is 17.0 Å². The van der Waals surface area contributed by atoms with Gasteiger partial charge < -0.3 is 5.11 Å². The first-order valence-electron chi connectivity index (χ1n) is 9.92. The molecule has 0 aromatic rings. The summed E-state index contributed by atoms with van der Waals surface area (Å²) in [5, 5.41) is 10.5. The molecule has 0 radical (unpaired) electrons. The van der Waals surface area contributed by atoms with Crippen molar-refractivity contribution in [3.8, 4) is 0 Å². The summed E-state index contributed by atoms with van der Waals surface area (Å²) in [4.78, 5) is 12.5. The zero-order chi connectivity index (χ0) is 16.6. The van der Waals surface area contributed by atoms with Crippen molar-refractivity contribution in [2.75, 3.05) is 0 Å². The highest BCUT2D eigenvalue weighted by Gasteiger charge is 2.62. The molecule has 2 heteroatoms.